The van der Waals surface area contributed by atoms with Gasteiger partial charge in [-0.1, -0.05) is 13.0 Å². The molecule has 4 heteroatoms. The fourth-order valence-corrected chi connectivity index (χ4v) is 2.51. The summed E-state index contributed by atoms with van der Waals surface area (Å²) in [4.78, 5) is 0. The minimum Gasteiger partial charge on any atom is -0.378 e. The Morgan fingerprint density at radius 3 is 2.89 bits per heavy atom. The number of hydrogen-bond donors (Lipinski definition) is 1. The van der Waals surface area contributed by atoms with E-state index >= 15 is 0 Å². The van der Waals surface area contributed by atoms with Crippen LogP contribution in [0.5, 0.6) is 0 Å². The van der Waals surface area contributed by atoms with Gasteiger partial charge in [-0.05, 0) is 53.0 Å². The second-order valence-corrected chi connectivity index (χ2v) is 5.24. The maximum absolute atomic E-state index is 4.32. The summed E-state index contributed by atoms with van der Waals surface area (Å²) >= 11 is 3.58. The van der Waals surface area contributed by atoms with E-state index in [-0.39, 0.29) is 0 Å². The molecule has 1 N–H and O–H groups in total. The molecule has 0 aliphatic carbocycles. The number of hydrogen-bond acceptors (Lipinski definition) is 2. The average Bonchev–Trinajstić information content (AvgIpc) is 2.76. The zero-order valence-electron chi connectivity index (χ0n) is 10.8. The van der Waals surface area contributed by atoms with Gasteiger partial charge in [-0.2, -0.15) is 5.10 Å². The second-order valence-electron chi connectivity index (χ2n) is 4.38. The molecule has 0 amide bonds. The van der Waals surface area contributed by atoms with Crippen molar-refractivity contribution in [3.63, 3.8) is 0 Å². The van der Waals surface area contributed by atoms with E-state index in [2.05, 4.69) is 69.1 Å². The Balaban J connectivity index is 2.04. The monoisotopic (exact) mass is 307 g/mol. The molecule has 0 radical (unpaired) electrons. The molecule has 96 valence electrons. The van der Waals surface area contributed by atoms with Gasteiger partial charge in [0.15, 0.2) is 0 Å². The van der Waals surface area contributed by atoms with Crippen LogP contribution in [-0.4, -0.2) is 9.78 Å². The molecule has 3 nitrogen and oxygen atoms in total. The van der Waals surface area contributed by atoms with Crippen LogP contribution in [0, 0.1) is 6.92 Å². The smallest absolute Gasteiger partial charge is 0.0575 e. The molecule has 0 bridgehead atoms. The van der Waals surface area contributed by atoms with Crippen LogP contribution in [0.4, 0.5) is 5.69 Å². The van der Waals surface area contributed by atoms with E-state index in [1.165, 1.54) is 11.3 Å². The lowest BCUT2D eigenvalue weighted by Crippen LogP contribution is -2.09. The molecule has 0 saturated carbocycles. The van der Waals surface area contributed by atoms with Gasteiger partial charge in [-0.3, -0.25) is 4.68 Å². The number of nitrogens with zero attached hydrogens (tertiary/aromatic N) is 2. The van der Waals surface area contributed by atoms with E-state index < -0.39 is 0 Å². The number of halogens is 1. The van der Waals surface area contributed by atoms with Crippen molar-refractivity contribution < 1.29 is 0 Å². The topological polar surface area (TPSA) is 29.9 Å². The Hall–Kier alpha value is -1.29. The molecule has 0 unspecified atom stereocenters. The summed E-state index contributed by atoms with van der Waals surface area (Å²) in [5.74, 6) is 0. The average molecular weight is 308 g/mol. The van der Waals surface area contributed by atoms with Gasteiger partial charge in [0.25, 0.3) is 0 Å². The quantitative estimate of drug-likeness (QED) is 0.905. The number of rotatable bonds is 5. The highest BCUT2D eigenvalue weighted by Crippen LogP contribution is 2.23. The number of benzene rings is 1. The summed E-state index contributed by atoms with van der Waals surface area (Å²) in [5.41, 5.74) is 3.58. The molecule has 0 spiro atoms. The van der Waals surface area contributed by atoms with Gasteiger partial charge in [0.05, 0.1) is 12.2 Å². The molecular weight excluding hydrogens is 290 g/mol. The molecule has 0 aliphatic rings. The van der Waals surface area contributed by atoms with Gasteiger partial charge < -0.3 is 5.32 Å². The highest BCUT2D eigenvalue weighted by atomic mass is 79.9. The lowest BCUT2D eigenvalue weighted by Gasteiger charge is -2.10. The van der Waals surface area contributed by atoms with Gasteiger partial charge in [0, 0.05) is 22.9 Å². The fourth-order valence-electron chi connectivity index (χ4n) is 1.87. The van der Waals surface area contributed by atoms with E-state index in [0.29, 0.717) is 0 Å². The van der Waals surface area contributed by atoms with Crippen LogP contribution >= 0.6 is 15.9 Å². The first kappa shape index (κ1) is 13.1. The molecule has 1 aromatic heterocycles. The van der Waals surface area contributed by atoms with Crippen molar-refractivity contribution in [2.45, 2.75) is 33.4 Å². The zero-order chi connectivity index (χ0) is 13.0. The fraction of sp³-hybridized carbons (Fsp3) is 0.357. The second kappa shape index (κ2) is 6.05. The zero-order valence-corrected chi connectivity index (χ0v) is 12.4. The van der Waals surface area contributed by atoms with Crippen LogP contribution in [0.25, 0.3) is 0 Å². The third kappa shape index (κ3) is 3.13. The Kier molecular flexibility index (Phi) is 4.42. The number of aryl methyl sites for hydroxylation is 2. The summed E-state index contributed by atoms with van der Waals surface area (Å²) < 4.78 is 3.15. The van der Waals surface area contributed by atoms with E-state index in [1.54, 1.807) is 0 Å². The summed E-state index contributed by atoms with van der Waals surface area (Å²) in [7, 11) is 0. The van der Waals surface area contributed by atoms with Crippen molar-refractivity contribution in [3.05, 3.63) is 46.2 Å². The van der Waals surface area contributed by atoms with Crippen molar-refractivity contribution in [3.8, 4) is 0 Å². The molecule has 0 saturated heterocycles. The lowest BCUT2D eigenvalue weighted by atomic mass is 10.2. The highest BCUT2D eigenvalue weighted by Gasteiger charge is 2.03. The molecule has 0 fully saturated rings. The van der Waals surface area contributed by atoms with Crippen molar-refractivity contribution in [2.75, 3.05) is 5.32 Å². The van der Waals surface area contributed by atoms with Crippen LogP contribution in [0.2, 0.25) is 0 Å². The maximum Gasteiger partial charge on any atom is 0.0575 e. The van der Waals surface area contributed by atoms with E-state index in [9.17, 15) is 0 Å². The first-order valence-electron chi connectivity index (χ1n) is 6.21. The first-order valence-corrected chi connectivity index (χ1v) is 7.00. The van der Waals surface area contributed by atoms with Gasteiger partial charge in [-0.15, -0.1) is 0 Å². The third-order valence-electron chi connectivity index (χ3n) is 2.82. The van der Waals surface area contributed by atoms with Crippen molar-refractivity contribution >= 4 is 21.6 Å². The number of anilines is 1. The molecule has 1 heterocycles. The van der Waals surface area contributed by atoms with Crippen molar-refractivity contribution in [1.29, 1.82) is 0 Å². The minimum absolute atomic E-state index is 0.793. The summed E-state index contributed by atoms with van der Waals surface area (Å²) in [6.07, 6.45) is 2.96. The normalized spacial score (nSPS) is 10.6. The van der Waals surface area contributed by atoms with Crippen molar-refractivity contribution in [2.24, 2.45) is 0 Å². The lowest BCUT2D eigenvalue weighted by molar-refractivity contribution is 0.578. The minimum atomic E-state index is 0.793. The summed E-state index contributed by atoms with van der Waals surface area (Å²) in [6, 6.07) is 8.38. The van der Waals surface area contributed by atoms with Crippen LogP contribution in [-0.2, 0) is 13.1 Å². The largest absolute Gasteiger partial charge is 0.378 e. The van der Waals surface area contributed by atoms with Crippen LogP contribution < -0.4 is 5.32 Å². The van der Waals surface area contributed by atoms with E-state index in [1.807, 2.05) is 6.20 Å². The Labute approximate surface area is 116 Å². The first-order chi connectivity index (χ1) is 8.70. The van der Waals surface area contributed by atoms with Gasteiger partial charge in [-0.25, -0.2) is 0 Å². The van der Waals surface area contributed by atoms with Crippen LogP contribution in [0.1, 0.15) is 24.6 Å². The van der Waals surface area contributed by atoms with Gasteiger partial charge in [0.1, 0.15) is 0 Å². The summed E-state index contributed by atoms with van der Waals surface area (Å²) in [6.45, 7) is 6.01. The molecule has 2 rings (SSSR count). The number of nitrogens with one attached hydrogen (secondary N) is 1. The number of aromatic nitrogens is 2. The predicted octanol–water partition coefficient (Wildman–Crippen LogP) is 3.98. The maximum atomic E-state index is 4.32. The molecule has 0 aliphatic heterocycles. The molecule has 1 aromatic carbocycles. The van der Waals surface area contributed by atoms with Gasteiger partial charge in [0.2, 0.25) is 0 Å². The molecule has 0 atom stereocenters. The Morgan fingerprint density at radius 1 is 1.33 bits per heavy atom. The Morgan fingerprint density at radius 2 is 2.17 bits per heavy atom. The molecule has 2 aromatic rings. The molecule has 18 heavy (non-hydrogen) atoms. The SMILES string of the molecule is CCCn1nccc1CNc1ccc(C)cc1Br. The Bertz CT molecular complexity index is 520. The van der Waals surface area contributed by atoms with E-state index in [0.717, 1.165) is 29.7 Å². The van der Waals surface area contributed by atoms with E-state index in [4.69, 9.17) is 0 Å². The summed E-state index contributed by atoms with van der Waals surface area (Å²) in [5, 5.41) is 7.75. The molecular formula is C14H18BrN3. The van der Waals surface area contributed by atoms with Crippen molar-refractivity contribution in [1.82, 2.24) is 9.78 Å². The van der Waals surface area contributed by atoms with Crippen LogP contribution in [0.15, 0.2) is 34.9 Å². The van der Waals surface area contributed by atoms with Gasteiger partial charge >= 0.3 is 0 Å². The van der Waals surface area contributed by atoms with Crippen LogP contribution in [0.3, 0.4) is 0 Å². The highest BCUT2D eigenvalue weighted by molar-refractivity contribution is 9.10. The predicted molar refractivity (Wildman–Crippen MR) is 78.7 cm³/mol. The standard InChI is InChI=1S/C14H18BrN3/c1-3-8-18-12(6-7-17-18)10-16-14-5-4-11(2)9-13(14)15/h4-7,9,16H,3,8,10H2,1-2H3. The third-order valence-corrected chi connectivity index (χ3v) is 3.48.